The maximum absolute atomic E-state index is 12.7. The Balaban J connectivity index is 1.36. The third-order valence-corrected chi connectivity index (χ3v) is 4.74. The van der Waals surface area contributed by atoms with Crippen molar-refractivity contribution in [3.63, 3.8) is 0 Å². The minimum absolute atomic E-state index is 0.141. The molecule has 0 spiro atoms. The maximum Gasteiger partial charge on any atom is 0.272 e. The minimum Gasteiger partial charge on any atom is -0.335 e. The van der Waals surface area contributed by atoms with Crippen molar-refractivity contribution in [3.05, 3.63) is 65.1 Å². The maximum atomic E-state index is 12.7. The van der Waals surface area contributed by atoms with Crippen LogP contribution in [0.5, 0.6) is 0 Å². The van der Waals surface area contributed by atoms with Crippen molar-refractivity contribution in [3.8, 4) is 5.69 Å². The second-order valence-corrected chi connectivity index (χ2v) is 6.47. The van der Waals surface area contributed by atoms with E-state index in [-0.39, 0.29) is 11.5 Å². The Morgan fingerprint density at radius 3 is 2.56 bits per heavy atom. The van der Waals surface area contributed by atoms with Crippen molar-refractivity contribution in [2.24, 2.45) is 0 Å². The molecule has 9 nitrogen and oxygen atoms in total. The number of rotatable bonds is 5. The van der Waals surface area contributed by atoms with Crippen molar-refractivity contribution in [1.82, 2.24) is 34.3 Å². The van der Waals surface area contributed by atoms with Crippen LogP contribution >= 0.6 is 0 Å². The van der Waals surface area contributed by atoms with Crippen molar-refractivity contribution in [2.45, 2.75) is 6.54 Å². The Morgan fingerprint density at radius 1 is 1.07 bits per heavy atom. The number of H-pyrrole nitrogens is 1. The predicted molar refractivity (Wildman–Crippen MR) is 98.8 cm³/mol. The van der Waals surface area contributed by atoms with Crippen LogP contribution in [0.25, 0.3) is 5.69 Å². The van der Waals surface area contributed by atoms with Crippen molar-refractivity contribution in [1.29, 1.82) is 0 Å². The Morgan fingerprint density at radius 2 is 1.85 bits per heavy atom. The van der Waals surface area contributed by atoms with Gasteiger partial charge in [0.25, 0.3) is 11.5 Å². The highest BCUT2D eigenvalue weighted by atomic mass is 16.2. The van der Waals surface area contributed by atoms with E-state index in [2.05, 4.69) is 20.1 Å². The van der Waals surface area contributed by atoms with Gasteiger partial charge in [0.2, 0.25) is 0 Å². The van der Waals surface area contributed by atoms with E-state index in [1.807, 2.05) is 30.3 Å². The van der Waals surface area contributed by atoms with E-state index in [9.17, 15) is 9.59 Å². The van der Waals surface area contributed by atoms with Gasteiger partial charge in [-0.25, -0.2) is 9.67 Å². The topological polar surface area (TPSA) is 92.1 Å². The molecule has 1 saturated heterocycles. The monoisotopic (exact) mass is 367 g/mol. The van der Waals surface area contributed by atoms with E-state index in [0.717, 1.165) is 26.2 Å². The highest BCUT2D eigenvalue weighted by Crippen LogP contribution is 2.08. The molecule has 0 saturated carbocycles. The molecular formula is C18H21N7O2. The lowest BCUT2D eigenvalue weighted by molar-refractivity contribution is 0.0625. The highest BCUT2D eigenvalue weighted by Gasteiger charge is 2.24. The zero-order valence-electron chi connectivity index (χ0n) is 14.9. The molecule has 3 heterocycles. The molecule has 0 atom stereocenters. The van der Waals surface area contributed by atoms with Crippen molar-refractivity contribution >= 4 is 5.91 Å². The van der Waals surface area contributed by atoms with Crippen LogP contribution in [0.1, 0.15) is 10.5 Å². The van der Waals surface area contributed by atoms with Gasteiger partial charge in [-0.15, -0.1) is 0 Å². The summed E-state index contributed by atoms with van der Waals surface area (Å²) in [6.45, 7) is 4.51. The van der Waals surface area contributed by atoms with Crippen LogP contribution in [0.2, 0.25) is 0 Å². The van der Waals surface area contributed by atoms with Gasteiger partial charge in [-0.2, -0.15) is 5.10 Å². The molecule has 2 aromatic heterocycles. The molecule has 9 heteroatoms. The summed E-state index contributed by atoms with van der Waals surface area (Å²) in [6.07, 6.45) is 3.23. The standard InChI is InChI=1S/C18H21N7O2/c26-17-12-16(21-25(17)15-4-2-1-3-5-15)18(27)23-9-6-22(7-10-23)8-11-24-14-19-13-20-24/h1-5,12-14,21H,6-11H2. The number of carbonyl (C=O) groups excluding carboxylic acids is 1. The zero-order chi connectivity index (χ0) is 18.6. The number of hydrogen-bond donors (Lipinski definition) is 1. The number of nitrogens with zero attached hydrogens (tertiary/aromatic N) is 6. The molecule has 0 bridgehead atoms. The fourth-order valence-corrected chi connectivity index (χ4v) is 3.21. The molecule has 0 unspecified atom stereocenters. The van der Waals surface area contributed by atoms with E-state index in [1.165, 1.54) is 17.1 Å². The summed E-state index contributed by atoms with van der Waals surface area (Å²) in [4.78, 5) is 33.0. The van der Waals surface area contributed by atoms with Crippen LogP contribution in [0.4, 0.5) is 0 Å². The minimum atomic E-state index is -0.240. The van der Waals surface area contributed by atoms with Crippen LogP contribution in [0.3, 0.4) is 0 Å². The first-order valence-electron chi connectivity index (χ1n) is 8.92. The average Bonchev–Trinajstić information content (AvgIpc) is 3.36. The van der Waals surface area contributed by atoms with Crippen LogP contribution in [0.15, 0.2) is 53.8 Å². The van der Waals surface area contributed by atoms with Crippen LogP contribution in [0, 0.1) is 0 Å². The number of nitrogens with one attached hydrogen (secondary N) is 1. The molecule has 4 rings (SSSR count). The molecule has 1 aliphatic heterocycles. The molecule has 0 radical (unpaired) electrons. The van der Waals surface area contributed by atoms with Gasteiger partial charge in [-0.3, -0.25) is 24.3 Å². The first-order chi connectivity index (χ1) is 13.2. The Labute approximate surface area is 155 Å². The number of aromatic nitrogens is 5. The third-order valence-electron chi connectivity index (χ3n) is 4.74. The van der Waals surface area contributed by atoms with Gasteiger partial charge in [-0.1, -0.05) is 18.2 Å². The molecular weight excluding hydrogens is 346 g/mol. The second-order valence-electron chi connectivity index (χ2n) is 6.47. The number of aromatic amines is 1. The molecule has 1 aliphatic rings. The molecule has 1 amide bonds. The molecule has 1 aromatic carbocycles. The summed E-state index contributed by atoms with van der Waals surface area (Å²) >= 11 is 0. The van der Waals surface area contributed by atoms with Gasteiger partial charge >= 0.3 is 0 Å². The van der Waals surface area contributed by atoms with E-state index in [1.54, 1.807) is 15.9 Å². The van der Waals surface area contributed by atoms with Gasteiger partial charge in [-0.05, 0) is 12.1 Å². The Bertz CT molecular complexity index is 938. The number of hydrogen-bond acceptors (Lipinski definition) is 5. The number of carbonyl (C=O) groups is 1. The fraction of sp³-hybridized carbons (Fsp3) is 0.333. The van der Waals surface area contributed by atoms with Gasteiger partial charge in [0.05, 0.1) is 12.2 Å². The lowest BCUT2D eigenvalue weighted by Crippen LogP contribution is -2.49. The van der Waals surface area contributed by atoms with Crippen LogP contribution in [-0.4, -0.2) is 73.0 Å². The third kappa shape index (κ3) is 3.82. The first kappa shape index (κ1) is 17.2. The van der Waals surface area contributed by atoms with Crippen LogP contribution in [-0.2, 0) is 6.54 Å². The first-order valence-corrected chi connectivity index (χ1v) is 8.92. The van der Waals surface area contributed by atoms with E-state index in [0.29, 0.717) is 24.5 Å². The lowest BCUT2D eigenvalue weighted by atomic mass is 10.2. The van der Waals surface area contributed by atoms with Gasteiger partial charge < -0.3 is 4.90 Å². The van der Waals surface area contributed by atoms with Gasteiger partial charge in [0.1, 0.15) is 18.3 Å². The molecule has 1 N–H and O–H groups in total. The molecule has 27 heavy (non-hydrogen) atoms. The quantitative estimate of drug-likeness (QED) is 0.696. The second kappa shape index (κ2) is 7.58. The summed E-state index contributed by atoms with van der Waals surface area (Å²) in [6, 6.07) is 10.6. The summed E-state index contributed by atoms with van der Waals surface area (Å²) in [5, 5.41) is 7.03. The van der Waals surface area contributed by atoms with Gasteiger partial charge in [0.15, 0.2) is 0 Å². The number of benzene rings is 1. The lowest BCUT2D eigenvalue weighted by Gasteiger charge is -2.34. The molecule has 3 aromatic rings. The Hall–Kier alpha value is -3.20. The largest absolute Gasteiger partial charge is 0.335 e. The molecule has 0 aliphatic carbocycles. The molecule has 140 valence electrons. The Kier molecular flexibility index (Phi) is 4.84. The predicted octanol–water partition coefficient (Wildman–Crippen LogP) is 0.215. The summed E-state index contributed by atoms with van der Waals surface area (Å²) in [5.41, 5.74) is 0.787. The van der Waals surface area contributed by atoms with Crippen LogP contribution < -0.4 is 5.56 Å². The van der Waals surface area contributed by atoms with E-state index in [4.69, 9.17) is 0 Å². The highest BCUT2D eigenvalue weighted by molar-refractivity contribution is 5.92. The van der Waals surface area contributed by atoms with Gasteiger partial charge in [0, 0.05) is 38.8 Å². The summed E-state index contributed by atoms with van der Waals surface area (Å²) in [5.74, 6) is -0.141. The normalized spacial score (nSPS) is 15.2. The fourth-order valence-electron chi connectivity index (χ4n) is 3.21. The number of piperazine rings is 1. The number of para-hydroxylation sites is 1. The SMILES string of the molecule is O=C(c1cc(=O)n(-c2ccccc2)[nH]1)N1CCN(CCn2cncn2)CC1. The summed E-state index contributed by atoms with van der Waals surface area (Å²) in [7, 11) is 0. The van der Waals surface area contributed by atoms with E-state index < -0.39 is 0 Å². The van der Waals surface area contributed by atoms with Crippen molar-refractivity contribution < 1.29 is 4.79 Å². The summed E-state index contributed by atoms with van der Waals surface area (Å²) < 4.78 is 3.19. The zero-order valence-corrected chi connectivity index (χ0v) is 14.9. The smallest absolute Gasteiger partial charge is 0.272 e. The average molecular weight is 367 g/mol. The number of amides is 1. The molecule has 1 fully saturated rings. The van der Waals surface area contributed by atoms with Crippen molar-refractivity contribution in [2.75, 3.05) is 32.7 Å². The van der Waals surface area contributed by atoms with E-state index >= 15 is 0 Å².